The van der Waals surface area contributed by atoms with Crippen LogP contribution in [0.2, 0.25) is 0 Å². The molecule has 0 saturated heterocycles. The highest BCUT2D eigenvalue weighted by Crippen LogP contribution is 2.00. The molecule has 0 heterocycles. The topological polar surface area (TPSA) is 23.5 Å². The lowest BCUT2D eigenvalue weighted by Crippen LogP contribution is -2.21. The average molecular weight is 145 g/mol. The van der Waals surface area contributed by atoms with E-state index < -0.39 is 0 Å². The molecule has 0 aliphatic heterocycles. The van der Waals surface area contributed by atoms with E-state index in [0.717, 1.165) is 19.5 Å². The molecule has 2 nitrogen and oxygen atoms in total. The van der Waals surface area contributed by atoms with Gasteiger partial charge >= 0.3 is 0 Å². The predicted octanol–water partition coefficient (Wildman–Crippen LogP) is 0.957. The van der Waals surface area contributed by atoms with E-state index >= 15 is 0 Å². The van der Waals surface area contributed by atoms with Crippen LogP contribution in [0.25, 0.3) is 0 Å². The Morgan fingerprint density at radius 1 is 1.50 bits per heavy atom. The number of rotatable bonds is 5. The highest BCUT2D eigenvalue weighted by atomic mass is 16.3. The number of aliphatic hydroxyl groups excluding tert-OH is 1. The Balaban J connectivity index is 3.17. The summed E-state index contributed by atoms with van der Waals surface area (Å²) < 4.78 is 0. The molecule has 62 valence electrons. The van der Waals surface area contributed by atoms with Crippen LogP contribution in [-0.4, -0.2) is 36.8 Å². The van der Waals surface area contributed by atoms with Crippen LogP contribution >= 0.6 is 0 Å². The zero-order valence-electron chi connectivity index (χ0n) is 7.30. The molecule has 0 spiro atoms. The van der Waals surface area contributed by atoms with Crippen LogP contribution in [0.5, 0.6) is 0 Å². The van der Waals surface area contributed by atoms with Gasteiger partial charge in [-0.25, -0.2) is 0 Å². The van der Waals surface area contributed by atoms with Crippen molar-refractivity contribution in [2.45, 2.75) is 20.3 Å². The van der Waals surface area contributed by atoms with Crippen molar-refractivity contribution in [3.05, 3.63) is 0 Å². The van der Waals surface area contributed by atoms with Crippen molar-refractivity contribution < 1.29 is 5.11 Å². The lowest BCUT2D eigenvalue weighted by atomic mass is 10.1. The largest absolute Gasteiger partial charge is 0.396 e. The van der Waals surface area contributed by atoms with Crippen LogP contribution in [0.1, 0.15) is 20.3 Å². The Labute approximate surface area is 63.8 Å². The molecule has 1 atom stereocenters. The highest BCUT2D eigenvalue weighted by Gasteiger charge is 2.00. The minimum absolute atomic E-state index is 0.317. The lowest BCUT2D eigenvalue weighted by molar-refractivity contribution is 0.213. The third kappa shape index (κ3) is 4.77. The van der Waals surface area contributed by atoms with Crippen LogP contribution in [0.15, 0.2) is 0 Å². The van der Waals surface area contributed by atoms with Crippen LogP contribution in [-0.2, 0) is 0 Å². The first-order valence-electron chi connectivity index (χ1n) is 4.00. The second-order valence-corrected chi connectivity index (χ2v) is 2.97. The summed E-state index contributed by atoms with van der Waals surface area (Å²) in [5, 5.41) is 8.70. The van der Waals surface area contributed by atoms with E-state index in [1.54, 1.807) is 0 Å². The van der Waals surface area contributed by atoms with Crippen molar-refractivity contribution in [1.29, 1.82) is 0 Å². The molecule has 1 N–H and O–H groups in total. The van der Waals surface area contributed by atoms with E-state index in [9.17, 15) is 0 Å². The first-order valence-corrected chi connectivity index (χ1v) is 4.00. The van der Waals surface area contributed by atoms with Gasteiger partial charge < -0.3 is 10.0 Å². The molecule has 1 unspecified atom stereocenters. The molecule has 0 rings (SSSR count). The number of hydrogen-bond acceptors (Lipinski definition) is 2. The van der Waals surface area contributed by atoms with Gasteiger partial charge in [0.25, 0.3) is 0 Å². The van der Waals surface area contributed by atoms with E-state index in [0.29, 0.717) is 12.5 Å². The number of nitrogens with zero attached hydrogens (tertiary/aromatic N) is 1. The van der Waals surface area contributed by atoms with Gasteiger partial charge in [0, 0.05) is 6.61 Å². The summed E-state index contributed by atoms with van der Waals surface area (Å²) in [7, 11) is 2.10. The fourth-order valence-corrected chi connectivity index (χ4v) is 0.690. The maximum atomic E-state index is 8.70. The minimum atomic E-state index is 0.317. The quantitative estimate of drug-likeness (QED) is 0.623. The van der Waals surface area contributed by atoms with E-state index in [1.807, 2.05) is 0 Å². The average Bonchev–Trinajstić information content (AvgIpc) is 1.99. The van der Waals surface area contributed by atoms with Gasteiger partial charge in [-0.15, -0.1) is 0 Å². The summed E-state index contributed by atoms with van der Waals surface area (Å²) in [4.78, 5) is 2.26. The summed E-state index contributed by atoms with van der Waals surface area (Å²) in [6, 6.07) is 0. The number of hydrogen-bond donors (Lipinski definition) is 1. The van der Waals surface area contributed by atoms with Crippen molar-refractivity contribution in [1.82, 2.24) is 4.90 Å². The molecule has 0 saturated carbocycles. The zero-order valence-corrected chi connectivity index (χ0v) is 7.30. The first kappa shape index (κ1) is 9.92. The number of aliphatic hydroxyl groups is 1. The summed E-state index contributed by atoms with van der Waals surface area (Å²) >= 11 is 0. The first-order chi connectivity index (χ1) is 4.70. The summed E-state index contributed by atoms with van der Waals surface area (Å²) in [6.07, 6.45) is 1.10. The molecular weight excluding hydrogens is 126 g/mol. The maximum Gasteiger partial charge on any atom is 0.0457 e. The molecule has 0 aromatic rings. The monoisotopic (exact) mass is 145 g/mol. The van der Waals surface area contributed by atoms with E-state index in [1.165, 1.54) is 0 Å². The summed E-state index contributed by atoms with van der Waals surface area (Å²) in [5.41, 5.74) is 0. The Morgan fingerprint density at radius 2 is 2.10 bits per heavy atom. The smallest absolute Gasteiger partial charge is 0.0457 e. The normalized spacial score (nSPS) is 14.1. The van der Waals surface area contributed by atoms with Gasteiger partial charge in [-0.1, -0.05) is 13.8 Å². The third-order valence-electron chi connectivity index (χ3n) is 1.86. The maximum absolute atomic E-state index is 8.70. The minimum Gasteiger partial charge on any atom is -0.396 e. The van der Waals surface area contributed by atoms with Gasteiger partial charge in [0.15, 0.2) is 0 Å². The summed E-state index contributed by atoms with van der Waals surface area (Å²) in [5.74, 6) is 0.453. The van der Waals surface area contributed by atoms with E-state index in [2.05, 4.69) is 25.8 Å². The zero-order chi connectivity index (χ0) is 7.98. The molecule has 0 amide bonds. The van der Waals surface area contributed by atoms with Crippen molar-refractivity contribution in [3.8, 4) is 0 Å². The van der Waals surface area contributed by atoms with Gasteiger partial charge in [0.05, 0.1) is 0 Å². The Morgan fingerprint density at radius 3 is 2.50 bits per heavy atom. The second kappa shape index (κ2) is 5.69. The Hall–Kier alpha value is -0.0800. The summed E-state index contributed by atoms with van der Waals surface area (Å²) in [6.45, 7) is 6.72. The molecule has 0 bridgehead atoms. The van der Waals surface area contributed by atoms with Gasteiger partial charge in [0.1, 0.15) is 0 Å². The van der Waals surface area contributed by atoms with Crippen molar-refractivity contribution in [2.24, 2.45) is 5.92 Å². The SMILES string of the molecule is CCN(C)CCC(C)CO. The van der Waals surface area contributed by atoms with Crippen molar-refractivity contribution in [3.63, 3.8) is 0 Å². The molecule has 0 aliphatic carbocycles. The van der Waals surface area contributed by atoms with Gasteiger partial charge in [-0.3, -0.25) is 0 Å². The van der Waals surface area contributed by atoms with Crippen LogP contribution in [0.4, 0.5) is 0 Å². The molecule has 0 aliphatic rings. The van der Waals surface area contributed by atoms with Crippen molar-refractivity contribution in [2.75, 3.05) is 26.7 Å². The van der Waals surface area contributed by atoms with Crippen molar-refractivity contribution >= 4 is 0 Å². The highest BCUT2D eigenvalue weighted by molar-refractivity contribution is 4.54. The van der Waals surface area contributed by atoms with Crippen LogP contribution < -0.4 is 0 Å². The molecule has 2 heteroatoms. The second-order valence-electron chi connectivity index (χ2n) is 2.97. The standard InChI is InChI=1S/C8H19NO/c1-4-9(3)6-5-8(2)7-10/h8,10H,4-7H2,1-3H3. The van der Waals surface area contributed by atoms with E-state index in [-0.39, 0.29) is 0 Å². The molecule has 10 heavy (non-hydrogen) atoms. The molecule has 0 aromatic heterocycles. The fourth-order valence-electron chi connectivity index (χ4n) is 0.690. The van der Waals surface area contributed by atoms with Crippen LogP contribution in [0.3, 0.4) is 0 Å². The van der Waals surface area contributed by atoms with Gasteiger partial charge in [-0.2, -0.15) is 0 Å². The molecular formula is C8H19NO. The van der Waals surface area contributed by atoms with Crippen LogP contribution in [0, 0.1) is 5.92 Å². The van der Waals surface area contributed by atoms with E-state index in [4.69, 9.17) is 5.11 Å². The molecule has 0 radical (unpaired) electrons. The molecule has 0 aromatic carbocycles. The third-order valence-corrected chi connectivity index (χ3v) is 1.86. The Kier molecular flexibility index (Phi) is 5.64. The Bertz CT molecular complexity index is 65.7. The lowest BCUT2D eigenvalue weighted by Gasteiger charge is -2.15. The molecule has 0 fully saturated rings. The predicted molar refractivity (Wildman–Crippen MR) is 44.0 cm³/mol. The van der Waals surface area contributed by atoms with Gasteiger partial charge in [-0.05, 0) is 32.5 Å². The van der Waals surface area contributed by atoms with Gasteiger partial charge in [0.2, 0.25) is 0 Å². The fraction of sp³-hybridized carbons (Fsp3) is 1.00.